The fourth-order valence-corrected chi connectivity index (χ4v) is 2.27. The summed E-state index contributed by atoms with van der Waals surface area (Å²) in [5.41, 5.74) is 2.62. The molecule has 0 aliphatic rings. The van der Waals surface area contributed by atoms with Crippen molar-refractivity contribution in [3.63, 3.8) is 0 Å². The Morgan fingerprint density at radius 3 is 2.60 bits per heavy atom. The van der Waals surface area contributed by atoms with Crippen molar-refractivity contribution >= 4 is 11.6 Å². The second-order valence-corrected chi connectivity index (χ2v) is 4.94. The van der Waals surface area contributed by atoms with Gasteiger partial charge >= 0.3 is 0 Å². The molecule has 0 bridgehead atoms. The maximum Gasteiger partial charge on any atom is 0.140 e. The second-order valence-electron chi connectivity index (χ2n) is 4.51. The van der Waals surface area contributed by atoms with E-state index in [0.29, 0.717) is 16.4 Å². The Kier molecular flexibility index (Phi) is 3.54. The first-order valence-corrected chi connectivity index (χ1v) is 6.66. The van der Waals surface area contributed by atoms with Crippen molar-refractivity contribution in [1.29, 1.82) is 0 Å². The number of imidazole rings is 1. The van der Waals surface area contributed by atoms with Gasteiger partial charge in [0.2, 0.25) is 0 Å². The molecule has 1 aromatic heterocycles. The lowest BCUT2D eigenvalue weighted by Gasteiger charge is -2.08. The summed E-state index contributed by atoms with van der Waals surface area (Å²) in [6.45, 7) is 0. The zero-order valence-corrected chi connectivity index (χ0v) is 11.4. The zero-order valence-electron chi connectivity index (χ0n) is 10.6. The summed E-state index contributed by atoms with van der Waals surface area (Å²) < 4.78 is 0. The Hall–Kier alpha value is -2.10. The largest absolute Gasteiger partial charge is 0.380 e. The quantitative estimate of drug-likeness (QED) is 0.768. The maximum absolute atomic E-state index is 10.3. The van der Waals surface area contributed by atoms with Crippen LogP contribution in [0.4, 0.5) is 0 Å². The van der Waals surface area contributed by atoms with Crippen molar-refractivity contribution in [2.75, 3.05) is 0 Å². The highest BCUT2D eigenvalue weighted by Gasteiger charge is 2.14. The van der Waals surface area contributed by atoms with Gasteiger partial charge in [-0.25, -0.2) is 4.98 Å². The van der Waals surface area contributed by atoms with E-state index in [1.54, 1.807) is 18.3 Å². The molecular formula is C16H13ClN2O. The Morgan fingerprint density at radius 2 is 1.85 bits per heavy atom. The minimum Gasteiger partial charge on any atom is -0.380 e. The van der Waals surface area contributed by atoms with Gasteiger partial charge in [0.25, 0.3) is 0 Å². The Balaban J connectivity index is 1.90. The minimum absolute atomic E-state index is 0.506. The molecule has 2 N–H and O–H groups in total. The van der Waals surface area contributed by atoms with Gasteiger partial charge in [-0.05, 0) is 23.3 Å². The van der Waals surface area contributed by atoms with Crippen LogP contribution in [0.3, 0.4) is 0 Å². The molecule has 0 spiro atoms. The number of aliphatic hydroxyl groups excluding tert-OH is 1. The van der Waals surface area contributed by atoms with Crippen LogP contribution >= 0.6 is 11.6 Å². The van der Waals surface area contributed by atoms with Crippen LogP contribution in [0, 0.1) is 0 Å². The van der Waals surface area contributed by atoms with E-state index in [-0.39, 0.29) is 0 Å². The third-order valence-corrected chi connectivity index (χ3v) is 3.34. The van der Waals surface area contributed by atoms with Crippen LogP contribution in [0.1, 0.15) is 17.5 Å². The number of nitrogens with zero attached hydrogens (tertiary/aromatic N) is 1. The third kappa shape index (κ3) is 2.59. The molecule has 0 aliphatic carbocycles. The first kappa shape index (κ1) is 12.9. The van der Waals surface area contributed by atoms with Gasteiger partial charge in [0.15, 0.2) is 0 Å². The fourth-order valence-electron chi connectivity index (χ4n) is 2.07. The summed E-state index contributed by atoms with van der Waals surface area (Å²) in [4.78, 5) is 7.39. The predicted octanol–water partition coefficient (Wildman–Crippen LogP) is 3.81. The van der Waals surface area contributed by atoms with Crippen molar-refractivity contribution in [3.05, 3.63) is 77.2 Å². The van der Waals surface area contributed by atoms with Crippen LogP contribution in [0.15, 0.2) is 60.8 Å². The van der Waals surface area contributed by atoms with Gasteiger partial charge in [0.05, 0.1) is 11.9 Å². The standard InChI is InChI=1S/C16H13ClN2O/c17-13-8-4-7-12(9-13)15(20)16-18-10-14(19-16)11-5-2-1-3-6-11/h1-10,15,20H,(H,18,19). The molecule has 3 aromatic rings. The minimum atomic E-state index is -0.814. The number of aromatic amines is 1. The second kappa shape index (κ2) is 5.49. The molecule has 0 radical (unpaired) electrons. The highest BCUT2D eigenvalue weighted by atomic mass is 35.5. The number of hydrogen-bond acceptors (Lipinski definition) is 2. The molecule has 100 valence electrons. The molecule has 0 fully saturated rings. The van der Waals surface area contributed by atoms with E-state index >= 15 is 0 Å². The first-order valence-electron chi connectivity index (χ1n) is 6.28. The van der Waals surface area contributed by atoms with E-state index in [0.717, 1.165) is 11.3 Å². The van der Waals surface area contributed by atoms with Crippen LogP contribution in [0.2, 0.25) is 5.02 Å². The smallest absolute Gasteiger partial charge is 0.140 e. The van der Waals surface area contributed by atoms with Gasteiger partial charge < -0.3 is 10.1 Å². The molecule has 3 nitrogen and oxygen atoms in total. The first-order chi connectivity index (χ1) is 9.74. The fraction of sp³-hybridized carbons (Fsp3) is 0.0625. The summed E-state index contributed by atoms with van der Waals surface area (Å²) in [6, 6.07) is 17.0. The van der Waals surface area contributed by atoms with Crippen LogP contribution in [-0.4, -0.2) is 15.1 Å². The van der Waals surface area contributed by atoms with Crippen molar-refractivity contribution < 1.29 is 5.11 Å². The van der Waals surface area contributed by atoms with E-state index in [4.69, 9.17) is 11.6 Å². The summed E-state index contributed by atoms with van der Waals surface area (Å²) in [5.74, 6) is 0.506. The maximum atomic E-state index is 10.3. The molecule has 2 aromatic carbocycles. The molecule has 20 heavy (non-hydrogen) atoms. The van der Waals surface area contributed by atoms with Gasteiger partial charge in [0.1, 0.15) is 11.9 Å². The summed E-state index contributed by atoms with van der Waals surface area (Å²) in [7, 11) is 0. The number of hydrogen-bond donors (Lipinski definition) is 2. The molecule has 3 rings (SSSR count). The number of nitrogens with one attached hydrogen (secondary N) is 1. The van der Waals surface area contributed by atoms with E-state index in [1.807, 2.05) is 42.5 Å². The molecule has 0 saturated carbocycles. The average Bonchev–Trinajstić information content (AvgIpc) is 2.97. The summed E-state index contributed by atoms with van der Waals surface area (Å²) in [5, 5.41) is 10.9. The van der Waals surface area contributed by atoms with Gasteiger partial charge in [-0.1, -0.05) is 54.1 Å². The van der Waals surface area contributed by atoms with E-state index in [9.17, 15) is 5.11 Å². The molecule has 0 saturated heterocycles. The Bertz CT molecular complexity index is 709. The summed E-state index contributed by atoms with van der Waals surface area (Å²) >= 11 is 5.94. The van der Waals surface area contributed by atoms with Gasteiger partial charge in [-0.3, -0.25) is 0 Å². The van der Waals surface area contributed by atoms with E-state index < -0.39 is 6.10 Å². The van der Waals surface area contributed by atoms with Crippen LogP contribution in [0.25, 0.3) is 11.3 Å². The van der Waals surface area contributed by atoms with Gasteiger partial charge in [-0.15, -0.1) is 0 Å². The Morgan fingerprint density at radius 1 is 1.05 bits per heavy atom. The van der Waals surface area contributed by atoms with E-state index in [1.165, 1.54) is 0 Å². The van der Waals surface area contributed by atoms with Crippen LogP contribution < -0.4 is 0 Å². The molecule has 4 heteroatoms. The topological polar surface area (TPSA) is 48.9 Å². The van der Waals surface area contributed by atoms with Crippen LogP contribution in [-0.2, 0) is 0 Å². The highest BCUT2D eigenvalue weighted by Crippen LogP contribution is 2.24. The number of aliphatic hydroxyl groups is 1. The lowest BCUT2D eigenvalue weighted by Crippen LogP contribution is -2.01. The van der Waals surface area contributed by atoms with Crippen LogP contribution in [0.5, 0.6) is 0 Å². The number of aromatic nitrogens is 2. The van der Waals surface area contributed by atoms with Gasteiger partial charge in [0, 0.05) is 5.02 Å². The highest BCUT2D eigenvalue weighted by molar-refractivity contribution is 6.30. The zero-order chi connectivity index (χ0) is 13.9. The average molecular weight is 285 g/mol. The van der Waals surface area contributed by atoms with Gasteiger partial charge in [-0.2, -0.15) is 0 Å². The Labute approximate surface area is 121 Å². The molecule has 1 unspecified atom stereocenters. The molecule has 1 heterocycles. The lowest BCUT2D eigenvalue weighted by atomic mass is 10.1. The van der Waals surface area contributed by atoms with Crippen molar-refractivity contribution in [3.8, 4) is 11.3 Å². The molecular weight excluding hydrogens is 272 g/mol. The monoisotopic (exact) mass is 284 g/mol. The summed E-state index contributed by atoms with van der Waals surface area (Å²) in [6.07, 6.45) is 0.907. The predicted molar refractivity (Wildman–Crippen MR) is 79.5 cm³/mol. The number of halogens is 1. The SMILES string of the molecule is OC(c1cccc(Cl)c1)c1ncc(-c2ccccc2)[nH]1. The van der Waals surface area contributed by atoms with Crippen molar-refractivity contribution in [2.45, 2.75) is 6.10 Å². The van der Waals surface area contributed by atoms with E-state index in [2.05, 4.69) is 9.97 Å². The number of benzene rings is 2. The molecule has 0 aliphatic heterocycles. The lowest BCUT2D eigenvalue weighted by molar-refractivity contribution is 0.211. The van der Waals surface area contributed by atoms with Crippen molar-refractivity contribution in [1.82, 2.24) is 9.97 Å². The normalized spacial score (nSPS) is 12.3. The van der Waals surface area contributed by atoms with Crippen molar-refractivity contribution in [2.24, 2.45) is 0 Å². The third-order valence-electron chi connectivity index (χ3n) is 3.10. The molecule has 1 atom stereocenters. The number of H-pyrrole nitrogens is 1. The molecule has 0 amide bonds. The number of rotatable bonds is 3.